The highest BCUT2D eigenvalue weighted by Gasteiger charge is 2.32. The van der Waals surface area contributed by atoms with Crippen LogP contribution in [-0.2, 0) is 15.9 Å². The number of nitrogens with zero attached hydrogens (tertiary/aromatic N) is 2. The van der Waals surface area contributed by atoms with Crippen LogP contribution in [0.5, 0.6) is 0 Å². The first kappa shape index (κ1) is 14.8. The molecule has 1 aliphatic heterocycles. The van der Waals surface area contributed by atoms with Crippen LogP contribution in [-0.4, -0.2) is 30.8 Å². The van der Waals surface area contributed by atoms with Crippen molar-refractivity contribution in [2.24, 2.45) is 11.8 Å². The van der Waals surface area contributed by atoms with Gasteiger partial charge in [0.1, 0.15) is 0 Å². The minimum atomic E-state index is -3.46. The number of halogens is 1. The highest BCUT2D eigenvalue weighted by atomic mass is 35.5. The van der Waals surface area contributed by atoms with Gasteiger partial charge in [-0.15, -0.1) is 11.6 Å². The maximum Gasteiger partial charge on any atom is 0.260 e. The molecule has 1 saturated heterocycles. The summed E-state index contributed by atoms with van der Waals surface area (Å²) in [6.45, 7) is 5.41. The fourth-order valence-electron chi connectivity index (χ4n) is 2.22. The van der Waals surface area contributed by atoms with Gasteiger partial charge < -0.3 is 0 Å². The Balaban J connectivity index is 2.21. The van der Waals surface area contributed by atoms with Gasteiger partial charge in [-0.1, -0.05) is 19.9 Å². The Morgan fingerprint density at radius 3 is 2.63 bits per heavy atom. The third kappa shape index (κ3) is 3.09. The van der Waals surface area contributed by atoms with E-state index < -0.39 is 10.0 Å². The Morgan fingerprint density at radius 2 is 2.11 bits per heavy atom. The molecule has 2 atom stereocenters. The molecule has 0 aliphatic carbocycles. The number of pyridine rings is 1. The fraction of sp³-hybridized carbons (Fsp3) is 0.615. The van der Waals surface area contributed by atoms with E-state index in [4.69, 9.17) is 11.6 Å². The second kappa shape index (κ2) is 5.77. The summed E-state index contributed by atoms with van der Waals surface area (Å²) in [5.41, 5.74) is 0.821. The van der Waals surface area contributed by atoms with E-state index in [2.05, 4.69) is 18.8 Å². The summed E-state index contributed by atoms with van der Waals surface area (Å²) in [5, 5.41) is 0.114. The van der Waals surface area contributed by atoms with E-state index in [0.717, 1.165) is 12.0 Å². The molecule has 6 heteroatoms. The highest BCUT2D eigenvalue weighted by molar-refractivity contribution is 7.89. The molecule has 106 valence electrons. The second-order valence-electron chi connectivity index (χ2n) is 5.24. The Labute approximate surface area is 119 Å². The number of alkyl halides is 1. The van der Waals surface area contributed by atoms with Crippen LogP contribution >= 0.6 is 11.6 Å². The van der Waals surface area contributed by atoms with Gasteiger partial charge in [0.05, 0.1) is 0 Å². The van der Waals surface area contributed by atoms with Crippen molar-refractivity contribution < 1.29 is 8.42 Å². The first-order valence-corrected chi connectivity index (χ1v) is 8.43. The van der Waals surface area contributed by atoms with Crippen LogP contribution in [0, 0.1) is 11.8 Å². The number of hydrogen-bond donors (Lipinski definition) is 0. The van der Waals surface area contributed by atoms with Gasteiger partial charge in [0.25, 0.3) is 10.0 Å². The molecule has 0 saturated carbocycles. The van der Waals surface area contributed by atoms with Crippen molar-refractivity contribution in [3.05, 3.63) is 23.9 Å². The monoisotopic (exact) mass is 302 g/mol. The molecule has 4 nitrogen and oxygen atoms in total. The van der Waals surface area contributed by atoms with Crippen molar-refractivity contribution in [1.82, 2.24) is 9.29 Å². The molecule has 1 aliphatic rings. The average molecular weight is 303 g/mol. The lowest BCUT2D eigenvalue weighted by Crippen LogP contribution is -2.42. The fourth-order valence-corrected chi connectivity index (χ4v) is 3.84. The van der Waals surface area contributed by atoms with Gasteiger partial charge in [0, 0.05) is 25.2 Å². The lowest BCUT2D eigenvalue weighted by Gasteiger charge is -2.34. The van der Waals surface area contributed by atoms with Crippen molar-refractivity contribution >= 4 is 21.6 Å². The Bertz CT molecular complexity index is 530. The largest absolute Gasteiger partial charge is 0.260 e. The van der Waals surface area contributed by atoms with Crippen LogP contribution in [0.3, 0.4) is 0 Å². The number of rotatable bonds is 3. The smallest absolute Gasteiger partial charge is 0.243 e. The van der Waals surface area contributed by atoms with E-state index >= 15 is 0 Å². The molecule has 1 aromatic heterocycles. The third-order valence-corrected chi connectivity index (χ3v) is 5.94. The zero-order chi connectivity index (χ0) is 14.0. The van der Waals surface area contributed by atoms with Gasteiger partial charge in [0.15, 0.2) is 5.03 Å². The van der Waals surface area contributed by atoms with E-state index in [-0.39, 0.29) is 5.03 Å². The Hall–Kier alpha value is -0.650. The van der Waals surface area contributed by atoms with E-state index in [0.29, 0.717) is 30.8 Å². The quantitative estimate of drug-likeness (QED) is 0.806. The van der Waals surface area contributed by atoms with Gasteiger partial charge in [-0.3, -0.25) is 0 Å². The van der Waals surface area contributed by atoms with Crippen molar-refractivity contribution in [1.29, 1.82) is 0 Å². The molecule has 2 rings (SSSR count). The predicted octanol–water partition coefficient (Wildman–Crippen LogP) is 2.49. The summed E-state index contributed by atoms with van der Waals surface area (Å²) in [7, 11) is -3.46. The molecule has 0 radical (unpaired) electrons. The molecule has 1 aromatic rings. The molecular formula is C13H19ClN2O2S. The van der Waals surface area contributed by atoms with Gasteiger partial charge in [-0.05, 0) is 29.9 Å². The summed E-state index contributed by atoms with van der Waals surface area (Å²) in [6, 6.07) is 3.25. The summed E-state index contributed by atoms with van der Waals surface area (Å²) in [6.07, 6.45) is 2.43. The van der Waals surface area contributed by atoms with Crippen LogP contribution < -0.4 is 0 Å². The molecule has 2 unspecified atom stereocenters. The van der Waals surface area contributed by atoms with E-state index in [1.54, 1.807) is 10.4 Å². The maximum atomic E-state index is 12.5. The molecule has 19 heavy (non-hydrogen) atoms. The molecule has 0 aromatic carbocycles. The van der Waals surface area contributed by atoms with Crippen LogP contribution in [0.25, 0.3) is 0 Å². The number of hydrogen-bond acceptors (Lipinski definition) is 3. The lowest BCUT2D eigenvalue weighted by atomic mass is 9.90. The Kier molecular flexibility index (Phi) is 4.48. The van der Waals surface area contributed by atoms with Crippen LogP contribution in [0.15, 0.2) is 23.4 Å². The van der Waals surface area contributed by atoms with Crippen LogP contribution in [0.1, 0.15) is 25.8 Å². The second-order valence-corrected chi connectivity index (χ2v) is 7.40. The normalized spacial score (nSPS) is 25.4. The van der Waals surface area contributed by atoms with Gasteiger partial charge in [0.2, 0.25) is 0 Å². The zero-order valence-electron chi connectivity index (χ0n) is 11.2. The lowest BCUT2D eigenvalue weighted by molar-refractivity contribution is 0.212. The topological polar surface area (TPSA) is 50.3 Å². The molecule has 0 spiro atoms. The molecule has 0 N–H and O–H groups in total. The minimum absolute atomic E-state index is 0.114. The highest BCUT2D eigenvalue weighted by Crippen LogP contribution is 2.26. The van der Waals surface area contributed by atoms with Crippen molar-refractivity contribution in [2.75, 3.05) is 13.1 Å². The summed E-state index contributed by atoms with van der Waals surface area (Å²) in [4.78, 5) is 4.03. The SMILES string of the molecule is CC1CCN(S(=O)(=O)c2ccc(CCl)cn2)CC1C. The maximum absolute atomic E-state index is 12.5. The van der Waals surface area contributed by atoms with Gasteiger partial charge >= 0.3 is 0 Å². The van der Waals surface area contributed by atoms with E-state index in [1.807, 2.05) is 0 Å². The zero-order valence-corrected chi connectivity index (χ0v) is 12.8. The van der Waals surface area contributed by atoms with Crippen molar-refractivity contribution in [2.45, 2.75) is 31.2 Å². The van der Waals surface area contributed by atoms with Gasteiger partial charge in [-0.2, -0.15) is 4.31 Å². The Morgan fingerprint density at radius 1 is 1.37 bits per heavy atom. The number of sulfonamides is 1. The van der Waals surface area contributed by atoms with Crippen molar-refractivity contribution in [3.63, 3.8) is 0 Å². The van der Waals surface area contributed by atoms with Gasteiger partial charge in [-0.25, -0.2) is 13.4 Å². The average Bonchev–Trinajstić information content (AvgIpc) is 2.41. The van der Waals surface area contributed by atoms with Crippen molar-refractivity contribution in [3.8, 4) is 0 Å². The number of piperidine rings is 1. The summed E-state index contributed by atoms with van der Waals surface area (Å²) >= 11 is 5.68. The molecular weight excluding hydrogens is 284 g/mol. The predicted molar refractivity (Wildman–Crippen MR) is 75.5 cm³/mol. The van der Waals surface area contributed by atoms with E-state index in [9.17, 15) is 8.42 Å². The summed E-state index contributed by atoms with van der Waals surface area (Å²) in [5.74, 6) is 1.29. The minimum Gasteiger partial charge on any atom is -0.243 e. The molecule has 2 heterocycles. The first-order chi connectivity index (χ1) is 8.95. The van der Waals surface area contributed by atoms with E-state index in [1.165, 1.54) is 12.3 Å². The standard InChI is InChI=1S/C13H19ClN2O2S/c1-10-5-6-16(9-11(10)2)19(17,18)13-4-3-12(7-14)8-15-13/h3-4,8,10-11H,5-7,9H2,1-2H3. The van der Waals surface area contributed by atoms with Crippen LogP contribution in [0.2, 0.25) is 0 Å². The molecule has 0 amide bonds. The molecule has 0 bridgehead atoms. The summed E-state index contributed by atoms with van der Waals surface area (Å²) < 4.78 is 26.5. The third-order valence-electron chi connectivity index (χ3n) is 3.85. The number of aromatic nitrogens is 1. The van der Waals surface area contributed by atoms with Crippen LogP contribution in [0.4, 0.5) is 0 Å². The first-order valence-electron chi connectivity index (χ1n) is 6.46. The molecule has 1 fully saturated rings.